The molecule has 3 aromatic carbocycles. The number of benzene rings is 3. The Morgan fingerprint density at radius 3 is 2.18 bits per heavy atom. The van der Waals surface area contributed by atoms with Gasteiger partial charge in [0, 0.05) is 18.9 Å². The van der Waals surface area contributed by atoms with E-state index in [0.717, 1.165) is 16.7 Å². The number of rotatable bonds is 12. The number of ether oxygens (including phenoxy) is 1. The van der Waals surface area contributed by atoms with Gasteiger partial charge in [0.1, 0.15) is 11.8 Å². The summed E-state index contributed by atoms with van der Waals surface area (Å²) in [7, 11) is 1.58. The van der Waals surface area contributed by atoms with Crippen LogP contribution < -0.4 is 20.9 Å². The second-order valence-electron chi connectivity index (χ2n) is 9.56. The molecule has 0 aromatic heterocycles. The molecule has 0 bridgehead atoms. The lowest BCUT2D eigenvalue weighted by Gasteiger charge is -2.23. The molecule has 3 rings (SSSR count). The molecule has 0 aliphatic rings. The van der Waals surface area contributed by atoms with Crippen molar-refractivity contribution in [2.75, 3.05) is 7.11 Å². The van der Waals surface area contributed by atoms with Gasteiger partial charge in [0.15, 0.2) is 0 Å². The lowest BCUT2D eigenvalue weighted by molar-refractivity contribution is -0.136. The molecule has 200 valence electrons. The van der Waals surface area contributed by atoms with Crippen molar-refractivity contribution >= 4 is 17.7 Å². The molecule has 0 saturated carbocycles. The summed E-state index contributed by atoms with van der Waals surface area (Å²) in [4.78, 5) is 38.6. The largest absolute Gasteiger partial charge is 0.497 e. The van der Waals surface area contributed by atoms with Crippen LogP contribution in [0, 0.1) is 11.8 Å². The normalized spacial score (nSPS) is 12.3. The average molecular weight is 518 g/mol. The molecule has 8 nitrogen and oxygen atoms in total. The molecule has 2 atom stereocenters. The summed E-state index contributed by atoms with van der Waals surface area (Å²) >= 11 is 0. The van der Waals surface area contributed by atoms with E-state index in [1.807, 2.05) is 92.7 Å². The first-order valence-electron chi connectivity index (χ1n) is 12.6. The third-order valence-electron chi connectivity index (χ3n) is 6.18. The number of hydrogen-bond acceptors (Lipinski definition) is 5. The number of amides is 3. The Morgan fingerprint density at radius 1 is 0.868 bits per heavy atom. The first-order chi connectivity index (χ1) is 18.3. The maximum Gasteiger partial charge on any atom is 0.247 e. The van der Waals surface area contributed by atoms with Crippen molar-refractivity contribution in [3.8, 4) is 16.9 Å². The summed E-state index contributed by atoms with van der Waals surface area (Å²) in [5.74, 6) is -1.38. The third-order valence-corrected chi connectivity index (χ3v) is 6.18. The van der Waals surface area contributed by atoms with Crippen molar-refractivity contribution in [3.05, 3.63) is 90.0 Å². The number of methoxy groups -OCH3 is 1. The van der Waals surface area contributed by atoms with Gasteiger partial charge in [-0.1, -0.05) is 80.6 Å². The lowest BCUT2D eigenvalue weighted by Crippen LogP contribution is -2.43. The highest BCUT2D eigenvalue weighted by atomic mass is 16.5. The second kappa shape index (κ2) is 13.9. The molecular weight excluding hydrogens is 482 g/mol. The standard InChI is InChI=1S/C30H35N3O5/c1-20(2)16-25(18-27(34)33-37)29(35)32-28(30(36)31-19-21-8-7-11-26(17-21)38-3)24-14-12-23(13-15-24)22-9-5-4-6-10-22/h4-15,17,20,25,28,37H,16,18-19H2,1-3H3,(H,31,36)(H,32,35)(H,33,34)/t25-,28?/m1/s1. The number of carbonyl (C=O) groups excluding carboxylic acids is 3. The van der Waals surface area contributed by atoms with Gasteiger partial charge < -0.3 is 15.4 Å². The van der Waals surface area contributed by atoms with Crippen LogP contribution in [-0.4, -0.2) is 30.0 Å². The van der Waals surface area contributed by atoms with Crippen LogP contribution in [-0.2, 0) is 20.9 Å². The summed E-state index contributed by atoms with van der Waals surface area (Å²) in [5, 5.41) is 14.7. The van der Waals surface area contributed by atoms with E-state index in [2.05, 4.69) is 10.6 Å². The van der Waals surface area contributed by atoms with Crippen LogP contribution in [0.3, 0.4) is 0 Å². The maximum absolute atomic E-state index is 13.4. The van der Waals surface area contributed by atoms with Crippen LogP contribution >= 0.6 is 0 Å². The Kier molecular flexibility index (Phi) is 10.4. The van der Waals surface area contributed by atoms with Gasteiger partial charge in [0.05, 0.1) is 7.11 Å². The molecule has 0 heterocycles. The first-order valence-corrected chi connectivity index (χ1v) is 12.6. The summed E-state index contributed by atoms with van der Waals surface area (Å²) in [6.45, 7) is 4.13. The Morgan fingerprint density at radius 2 is 1.55 bits per heavy atom. The Balaban J connectivity index is 1.84. The van der Waals surface area contributed by atoms with E-state index in [4.69, 9.17) is 9.94 Å². The quantitative estimate of drug-likeness (QED) is 0.210. The van der Waals surface area contributed by atoms with Crippen LogP contribution in [0.15, 0.2) is 78.9 Å². The topological polar surface area (TPSA) is 117 Å². The predicted octanol–water partition coefficient (Wildman–Crippen LogP) is 4.39. The molecule has 0 fully saturated rings. The molecule has 38 heavy (non-hydrogen) atoms. The van der Waals surface area contributed by atoms with Crippen LogP contribution in [0.1, 0.15) is 43.9 Å². The molecule has 0 aliphatic carbocycles. The molecule has 1 unspecified atom stereocenters. The van der Waals surface area contributed by atoms with Crippen LogP contribution in [0.25, 0.3) is 11.1 Å². The number of hydroxylamine groups is 1. The van der Waals surface area contributed by atoms with Gasteiger partial charge in [0.25, 0.3) is 0 Å². The van der Waals surface area contributed by atoms with Crippen molar-refractivity contribution in [2.24, 2.45) is 11.8 Å². The summed E-state index contributed by atoms with van der Waals surface area (Å²) < 4.78 is 5.26. The molecule has 3 amide bonds. The molecule has 0 spiro atoms. The molecule has 8 heteroatoms. The minimum Gasteiger partial charge on any atom is -0.497 e. The van der Waals surface area contributed by atoms with Gasteiger partial charge in [-0.25, -0.2) is 5.48 Å². The molecule has 3 aromatic rings. The fourth-order valence-electron chi connectivity index (χ4n) is 4.25. The van der Waals surface area contributed by atoms with Gasteiger partial charge in [-0.05, 0) is 46.7 Å². The first kappa shape index (κ1) is 28.4. The zero-order chi connectivity index (χ0) is 27.5. The summed E-state index contributed by atoms with van der Waals surface area (Å²) in [5.41, 5.74) is 5.06. The van der Waals surface area contributed by atoms with Gasteiger partial charge in [-0.15, -0.1) is 0 Å². The SMILES string of the molecule is COc1cccc(CNC(=O)C(NC(=O)[C@@H](CC(=O)NO)CC(C)C)c2ccc(-c3ccccc3)cc2)c1. The number of carbonyl (C=O) groups is 3. The Hall–Kier alpha value is -4.17. The molecular formula is C30H35N3O5. The summed E-state index contributed by atoms with van der Waals surface area (Å²) in [6.07, 6.45) is 0.232. The van der Waals surface area contributed by atoms with Gasteiger partial charge in [-0.3, -0.25) is 19.6 Å². The van der Waals surface area contributed by atoms with E-state index in [9.17, 15) is 14.4 Å². The van der Waals surface area contributed by atoms with Crippen molar-refractivity contribution in [2.45, 2.75) is 39.3 Å². The number of hydrogen-bond donors (Lipinski definition) is 4. The Labute approximate surface area is 223 Å². The van der Waals surface area contributed by atoms with Crippen LogP contribution in [0.5, 0.6) is 5.75 Å². The molecule has 4 N–H and O–H groups in total. The minimum absolute atomic E-state index is 0.128. The molecule has 0 aliphatic heterocycles. The smallest absolute Gasteiger partial charge is 0.247 e. The monoisotopic (exact) mass is 517 g/mol. The van der Waals surface area contributed by atoms with Crippen molar-refractivity contribution < 1.29 is 24.3 Å². The molecule has 0 saturated heterocycles. The van der Waals surface area contributed by atoms with E-state index < -0.39 is 23.8 Å². The van der Waals surface area contributed by atoms with Crippen molar-refractivity contribution in [1.82, 2.24) is 16.1 Å². The van der Waals surface area contributed by atoms with E-state index >= 15 is 0 Å². The van der Waals surface area contributed by atoms with E-state index in [0.29, 0.717) is 17.7 Å². The van der Waals surface area contributed by atoms with Crippen molar-refractivity contribution in [1.29, 1.82) is 0 Å². The predicted molar refractivity (Wildman–Crippen MR) is 145 cm³/mol. The average Bonchev–Trinajstić information content (AvgIpc) is 2.94. The highest BCUT2D eigenvalue weighted by molar-refractivity contribution is 5.91. The second-order valence-corrected chi connectivity index (χ2v) is 9.56. The van der Waals surface area contributed by atoms with Gasteiger partial charge in [0.2, 0.25) is 17.7 Å². The number of nitrogens with one attached hydrogen (secondary N) is 3. The van der Waals surface area contributed by atoms with E-state index in [1.54, 1.807) is 12.6 Å². The van der Waals surface area contributed by atoms with Gasteiger partial charge in [-0.2, -0.15) is 0 Å². The fraction of sp³-hybridized carbons (Fsp3) is 0.300. The van der Waals surface area contributed by atoms with Crippen LogP contribution in [0.4, 0.5) is 0 Å². The highest BCUT2D eigenvalue weighted by Gasteiger charge is 2.29. The lowest BCUT2D eigenvalue weighted by atomic mass is 9.92. The molecule has 0 radical (unpaired) electrons. The zero-order valence-corrected chi connectivity index (χ0v) is 21.9. The van der Waals surface area contributed by atoms with E-state index in [-0.39, 0.29) is 24.8 Å². The third kappa shape index (κ3) is 8.18. The fourth-order valence-corrected chi connectivity index (χ4v) is 4.25. The maximum atomic E-state index is 13.4. The Bertz CT molecular complexity index is 1210. The van der Waals surface area contributed by atoms with Crippen LogP contribution in [0.2, 0.25) is 0 Å². The summed E-state index contributed by atoms with van der Waals surface area (Å²) in [6, 6.07) is 23.7. The highest BCUT2D eigenvalue weighted by Crippen LogP contribution is 2.24. The van der Waals surface area contributed by atoms with E-state index in [1.165, 1.54) is 0 Å². The minimum atomic E-state index is -0.982. The van der Waals surface area contributed by atoms with Gasteiger partial charge >= 0.3 is 0 Å². The zero-order valence-electron chi connectivity index (χ0n) is 21.9. The van der Waals surface area contributed by atoms with Crippen molar-refractivity contribution in [3.63, 3.8) is 0 Å².